The number of hydrogen-bond acceptors (Lipinski definition) is 2. The Morgan fingerprint density at radius 1 is 1.25 bits per heavy atom. The number of quaternary nitrogens is 1. The molecule has 74 valence electrons. The van der Waals surface area contributed by atoms with Gasteiger partial charge in [-0.25, -0.2) is 0 Å². The first-order valence-electron chi connectivity index (χ1n) is 4.84. The van der Waals surface area contributed by atoms with Crippen molar-refractivity contribution in [2.24, 2.45) is 5.84 Å². The third-order valence-electron chi connectivity index (χ3n) is 2.11. The van der Waals surface area contributed by atoms with Crippen LogP contribution in [0.3, 0.4) is 0 Å². The Morgan fingerprint density at radius 3 is 2.08 bits per heavy atom. The van der Waals surface area contributed by atoms with Gasteiger partial charge in [0.2, 0.25) is 0 Å². The van der Waals surface area contributed by atoms with E-state index in [-0.39, 0.29) is 0 Å². The highest BCUT2D eigenvalue weighted by Crippen LogP contribution is 1.95. The molecule has 0 aromatic heterocycles. The largest absolute Gasteiger partial charge is 0.309 e. The molecule has 3 nitrogen and oxygen atoms in total. The van der Waals surface area contributed by atoms with Crippen LogP contribution in [0.15, 0.2) is 0 Å². The smallest absolute Gasteiger partial charge is 0.108 e. The number of likely N-dealkylation sites (N-methyl/N-ethyl adjacent to an activating group) is 1. The van der Waals surface area contributed by atoms with Gasteiger partial charge in [-0.15, -0.1) is 0 Å². The van der Waals surface area contributed by atoms with Gasteiger partial charge in [0.1, 0.15) is 6.54 Å². The molecule has 0 bridgehead atoms. The van der Waals surface area contributed by atoms with Gasteiger partial charge in [-0.1, -0.05) is 13.8 Å². The van der Waals surface area contributed by atoms with Gasteiger partial charge in [0.05, 0.1) is 14.1 Å². The van der Waals surface area contributed by atoms with E-state index in [1.54, 1.807) is 0 Å². The third-order valence-corrected chi connectivity index (χ3v) is 2.11. The Balaban J connectivity index is 3.41. The zero-order valence-corrected chi connectivity index (χ0v) is 8.93. The Kier molecular flexibility index (Phi) is 5.46. The van der Waals surface area contributed by atoms with Crippen molar-refractivity contribution in [2.45, 2.75) is 32.7 Å². The lowest BCUT2D eigenvalue weighted by atomic mass is 10.2. The molecule has 0 radical (unpaired) electrons. The molecule has 0 saturated carbocycles. The van der Waals surface area contributed by atoms with E-state index in [4.69, 9.17) is 5.84 Å². The van der Waals surface area contributed by atoms with E-state index in [1.807, 2.05) is 14.1 Å². The van der Waals surface area contributed by atoms with Crippen molar-refractivity contribution >= 4 is 0 Å². The highest BCUT2D eigenvalue weighted by atomic mass is 15.5. The molecule has 0 aliphatic carbocycles. The van der Waals surface area contributed by atoms with E-state index in [2.05, 4.69) is 19.2 Å². The van der Waals surface area contributed by atoms with Crippen molar-refractivity contribution < 1.29 is 4.59 Å². The average molecular weight is 174 g/mol. The molecule has 12 heavy (non-hydrogen) atoms. The van der Waals surface area contributed by atoms with Gasteiger partial charge in [0.15, 0.2) is 0 Å². The van der Waals surface area contributed by atoms with Gasteiger partial charge in [0, 0.05) is 12.6 Å². The zero-order valence-electron chi connectivity index (χ0n) is 8.93. The summed E-state index contributed by atoms with van der Waals surface area (Å²) in [6.07, 6.45) is 2.41. The molecule has 0 fully saturated rings. The number of nitrogens with zero attached hydrogens (tertiary/aromatic N) is 1. The number of hydrogen-bond donors (Lipinski definition) is 2. The van der Waals surface area contributed by atoms with E-state index in [9.17, 15) is 0 Å². The highest BCUT2D eigenvalue weighted by molar-refractivity contribution is 4.60. The average Bonchev–Trinajstić information content (AvgIpc) is 1.96. The minimum atomic E-state index is 0.549. The fourth-order valence-corrected chi connectivity index (χ4v) is 1.13. The lowest BCUT2D eigenvalue weighted by Gasteiger charge is -2.23. The Morgan fingerprint density at radius 2 is 1.75 bits per heavy atom. The SMILES string of the molecule is CCC(CC)NCC[N+](C)(C)N. The maximum Gasteiger partial charge on any atom is 0.108 e. The van der Waals surface area contributed by atoms with Gasteiger partial charge >= 0.3 is 0 Å². The maximum atomic E-state index is 5.80. The molecule has 0 aliphatic rings. The lowest BCUT2D eigenvalue weighted by molar-refractivity contribution is -0.901. The Labute approximate surface area is 76.5 Å². The van der Waals surface area contributed by atoms with Crippen LogP contribution in [0, 0.1) is 0 Å². The van der Waals surface area contributed by atoms with Crippen LogP contribution in [-0.4, -0.2) is 37.8 Å². The van der Waals surface area contributed by atoms with Crippen LogP contribution < -0.4 is 11.2 Å². The van der Waals surface area contributed by atoms with Crippen molar-refractivity contribution in [3.63, 3.8) is 0 Å². The molecule has 0 aliphatic heterocycles. The summed E-state index contributed by atoms with van der Waals surface area (Å²) in [4.78, 5) is 0. The van der Waals surface area contributed by atoms with E-state index in [1.165, 1.54) is 12.8 Å². The second kappa shape index (κ2) is 5.51. The van der Waals surface area contributed by atoms with E-state index in [0.717, 1.165) is 13.1 Å². The number of nitrogens with one attached hydrogen (secondary N) is 1. The summed E-state index contributed by atoms with van der Waals surface area (Å²) < 4.78 is 0.549. The molecule has 0 rings (SSSR count). The van der Waals surface area contributed by atoms with Crippen molar-refractivity contribution in [3.05, 3.63) is 0 Å². The molecule has 0 spiro atoms. The molecule has 0 amide bonds. The van der Waals surface area contributed by atoms with Crippen LogP contribution in [0.25, 0.3) is 0 Å². The molecular weight excluding hydrogens is 150 g/mol. The quantitative estimate of drug-likeness (QED) is 0.354. The molecule has 0 atom stereocenters. The minimum absolute atomic E-state index is 0.549. The van der Waals surface area contributed by atoms with Crippen LogP contribution in [0.1, 0.15) is 26.7 Å². The summed E-state index contributed by atoms with van der Waals surface area (Å²) in [6.45, 7) is 6.42. The topological polar surface area (TPSA) is 38.0 Å². The first kappa shape index (κ1) is 11.9. The minimum Gasteiger partial charge on any atom is -0.309 e. The fraction of sp³-hybridized carbons (Fsp3) is 1.00. The van der Waals surface area contributed by atoms with Gasteiger partial charge in [-0.05, 0) is 12.8 Å². The van der Waals surface area contributed by atoms with E-state index < -0.39 is 0 Å². The van der Waals surface area contributed by atoms with Gasteiger partial charge in [-0.3, -0.25) is 4.59 Å². The second-order valence-corrected chi connectivity index (χ2v) is 3.97. The summed E-state index contributed by atoms with van der Waals surface area (Å²) in [5, 5.41) is 3.48. The number of rotatable bonds is 6. The fourth-order valence-electron chi connectivity index (χ4n) is 1.13. The molecule has 0 unspecified atom stereocenters. The first-order valence-corrected chi connectivity index (χ1v) is 4.84. The molecule has 0 heterocycles. The summed E-state index contributed by atoms with van der Waals surface area (Å²) in [7, 11) is 4.02. The second-order valence-electron chi connectivity index (χ2n) is 3.97. The van der Waals surface area contributed by atoms with Crippen LogP contribution in [0.5, 0.6) is 0 Å². The van der Waals surface area contributed by atoms with Crippen molar-refractivity contribution in [1.82, 2.24) is 5.32 Å². The summed E-state index contributed by atoms with van der Waals surface area (Å²) >= 11 is 0. The summed E-state index contributed by atoms with van der Waals surface area (Å²) in [5.74, 6) is 5.80. The van der Waals surface area contributed by atoms with Crippen LogP contribution in [-0.2, 0) is 0 Å². The third kappa shape index (κ3) is 6.58. The van der Waals surface area contributed by atoms with Crippen molar-refractivity contribution in [2.75, 3.05) is 27.2 Å². The van der Waals surface area contributed by atoms with Crippen LogP contribution in [0.2, 0.25) is 0 Å². The lowest BCUT2D eigenvalue weighted by Crippen LogP contribution is -2.51. The van der Waals surface area contributed by atoms with Crippen LogP contribution in [0.4, 0.5) is 0 Å². The normalized spacial score (nSPS) is 12.5. The standard InChI is InChI=1S/C9H24N3/c1-5-9(6-2)11-7-8-12(3,4)10/h9,11H,5-8,10H2,1-4H3/q+1. The molecule has 3 N–H and O–H groups in total. The molecular formula is C9H24N3+. The van der Waals surface area contributed by atoms with E-state index >= 15 is 0 Å². The number of nitrogens with two attached hydrogens (primary N) is 1. The zero-order chi connectivity index (χ0) is 9.61. The monoisotopic (exact) mass is 174 g/mol. The Bertz CT molecular complexity index is 103. The highest BCUT2D eigenvalue weighted by Gasteiger charge is 2.08. The van der Waals surface area contributed by atoms with Crippen LogP contribution >= 0.6 is 0 Å². The first-order chi connectivity index (χ1) is 5.49. The molecule has 0 aromatic rings. The summed E-state index contributed by atoms with van der Waals surface area (Å²) in [6, 6.07) is 0.663. The van der Waals surface area contributed by atoms with Crippen molar-refractivity contribution in [1.29, 1.82) is 0 Å². The van der Waals surface area contributed by atoms with Gasteiger partial charge in [-0.2, -0.15) is 5.84 Å². The predicted octanol–water partition coefficient (Wildman–Crippen LogP) is 0.715. The summed E-state index contributed by atoms with van der Waals surface area (Å²) in [5.41, 5.74) is 0. The van der Waals surface area contributed by atoms with Gasteiger partial charge < -0.3 is 5.32 Å². The predicted molar refractivity (Wildman–Crippen MR) is 53.5 cm³/mol. The molecule has 3 heteroatoms. The Hall–Kier alpha value is -0.120. The molecule has 0 saturated heterocycles. The van der Waals surface area contributed by atoms with Gasteiger partial charge in [0.25, 0.3) is 0 Å². The maximum absolute atomic E-state index is 5.80. The molecule has 0 aromatic carbocycles. The van der Waals surface area contributed by atoms with Crippen molar-refractivity contribution in [3.8, 4) is 0 Å². The van der Waals surface area contributed by atoms with E-state index in [0.29, 0.717) is 10.6 Å².